The molecule has 0 saturated carbocycles. The number of hydroxylamine groups is 1. The van der Waals surface area contributed by atoms with Crippen molar-refractivity contribution in [3.8, 4) is 0 Å². The highest BCUT2D eigenvalue weighted by Crippen LogP contribution is 2.35. The first-order valence-electron chi connectivity index (χ1n) is 6.15. The molecule has 0 saturated heterocycles. The molecule has 0 heterocycles. The summed E-state index contributed by atoms with van der Waals surface area (Å²) in [5.41, 5.74) is 3.14. The number of carbonyl (C=O) groups excluding carboxylic acids is 1. The van der Waals surface area contributed by atoms with Gasteiger partial charge in [0.2, 0.25) is 0 Å². The standard InChI is InChI=1S/C15H13F2NO2S/c16-12-5-1-10(2-6-12)15(21-9-14(19)18-20)11-3-7-13(17)8-4-11/h1-8,15,20H,9H2,(H,18,19). The van der Waals surface area contributed by atoms with E-state index in [4.69, 9.17) is 5.21 Å². The van der Waals surface area contributed by atoms with Crippen LogP contribution >= 0.6 is 11.8 Å². The monoisotopic (exact) mass is 309 g/mol. The maximum absolute atomic E-state index is 13.0. The van der Waals surface area contributed by atoms with Crippen LogP contribution in [0.1, 0.15) is 16.4 Å². The normalized spacial score (nSPS) is 10.7. The van der Waals surface area contributed by atoms with Crippen LogP contribution in [0.15, 0.2) is 48.5 Å². The van der Waals surface area contributed by atoms with Gasteiger partial charge in [0.15, 0.2) is 0 Å². The first-order valence-corrected chi connectivity index (χ1v) is 7.20. The van der Waals surface area contributed by atoms with Crippen molar-refractivity contribution in [1.82, 2.24) is 5.48 Å². The van der Waals surface area contributed by atoms with E-state index >= 15 is 0 Å². The molecule has 0 fully saturated rings. The summed E-state index contributed by atoms with van der Waals surface area (Å²) in [7, 11) is 0. The molecule has 2 N–H and O–H groups in total. The third kappa shape index (κ3) is 4.27. The molecule has 21 heavy (non-hydrogen) atoms. The molecule has 0 aliphatic rings. The number of amides is 1. The number of rotatable bonds is 5. The van der Waals surface area contributed by atoms with Crippen molar-refractivity contribution in [2.75, 3.05) is 5.75 Å². The van der Waals surface area contributed by atoms with Gasteiger partial charge in [-0.3, -0.25) is 10.0 Å². The number of thioether (sulfide) groups is 1. The molecule has 2 rings (SSSR count). The average molecular weight is 309 g/mol. The maximum Gasteiger partial charge on any atom is 0.253 e. The summed E-state index contributed by atoms with van der Waals surface area (Å²) in [5.74, 6) is -1.21. The Hall–Kier alpha value is -1.92. The maximum atomic E-state index is 13.0. The number of hydrogen-bond acceptors (Lipinski definition) is 3. The Kier molecular flexibility index (Phi) is 5.30. The minimum Gasteiger partial charge on any atom is -0.289 e. The molecule has 2 aromatic carbocycles. The van der Waals surface area contributed by atoms with Gasteiger partial charge >= 0.3 is 0 Å². The minimum absolute atomic E-state index is 0.0237. The Morgan fingerprint density at radius 2 is 1.43 bits per heavy atom. The van der Waals surface area contributed by atoms with Crippen molar-refractivity contribution in [2.24, 2.45) is 0 Å². The number of carbonyl (C=O) groups is 1. The van der Waals surface area contributed by atoms with Crippen LogP contribution in [-0.2, 0) is 4.79 Å². The fraction of sp³-hybridized carbons (Fsp3) is 0.133. The fourth-order valence-electron chi connectivity index (χ4n) is 1.85. The highest BCUT2D eigenvalue weighted by atomic mass is 32.2. The molecule has 0 aliphatic heterocycles. The summed E-state index contributed by atoms with van der Waals surface area (Å²) in [6.45, 7) is 0. The zero-order valence-electron chi connectivity index (χ0n) is 10.9. The Labute approximate surface area is 124 Å². The summed E-state index contributed by atoms with van der Waals surface area (Å²) in [6.07, 6.45) is 0. The molecular formula is C15H13F2NO2S. The average Bonchev–Trinajstić information content (AvgIpc) is 2.50. The van der Waals surface area contributed by atoms with Gasteiger partial charge in [0.1, 0.15) is 11.6 Å². The van der Waals surface area contributed by atoms with E-state index in [1.807, 2.05) is 0 Å². The predicted molar refractivity (Wildman–Crippen MR) is 77.0 cm³/mol. The van der Waals surface area contributed by atoms with Crippen molar-refractivity contribution in [3.63, 3.8) is 0 Å². The van der Waals surface area contributed by atoms with Crippen molar-refractivity contribution in [2.45, 2.75) is 5.25 Å². The third-order valence-electron chi connectivity index (χ3n) is 2.85. The fourth-order valence-corrected chi connectivity index (χ4v) is 2.93. The van der Waals surface area contributed by atoms with Gasteiger partial charge in [0.05, 0.1) is 11.0 Å². The van der Waals surface area contributed by atoms with E-state index in [-0.39, 0.29) is 22.6 Å². The number of nitrogens with one attached hydrogen (secondary N) is 1. The van der Waals surface area contributed by atoms with Gasteiger partial charge < -0.3 is 0 Å². The highest BCUT2D eigenvalue weighted by Gasteiger charge is 2.16. The van der Waals surface area contributed by atoms with Crippen LogP contribution in [0, 0.1) is 11.6 Å². The van der Waals surface area contributed by atoms with Crippen LogP contribution in [0.4, 0.5) is 8.78 Å². The molecule has 0 radical (unpaired) electrons. The molecule has 110 valence electrons. The van der Waals surface area contributed by atoms with Crippen LogP contribution in [0.25, 0.3) is 0 Å². The molecule has 0 atom stereocenters. The smallest absolute Gasteiger partial charge is 0.253 e. The van der Waals surface area contributed by atoms with Crippen molar-refractivity contribution in [1.29, 1.82) is 0 Å². The summed E-state index contributed by atoms with van der Waals surface area (Å²) in [4.78, 5) is 11.2. The van der Waals surface area contributed by atoms with Crippen molar-refractivity contribution >= 4 is 17.7 Å². The van der Waals surface area contributed by atoms with E-state index in [0.717, 1.165) is 11.1 Å². The lowest BCUT2D eigenvalue weighted by Gasteiger charge is -2.17. The van der Waals surface area contributed by atoms with Gasteiger partial charge in [-0.25, -0.2) is 14.3 Å². The first kappa shape index (κ1) is 15.5. The van der Waals surface area contributed by atoms with Crippen LogP contribution in [0.5, 0.6) is 0 Å². The lowest BCUT2D eigenvalue weighted by molar-refractivity contribution is -0.126. The van der Waals surface area contributed by atoms with Crippen LogP contribution in [0.2, 0.25) is 0 Å². The topological polar surface area (TPSA) is 49.3 Å². The van der Waals surface area contributed by atoms with Crippen LogP contribution < -0.4 is 5.48 Å². The Bertz CT molecular complexity index is 557. The molecular weight excluding hydrogens is 296 g/mol. The zero-order valence-corrected chi connectivity index (χ0v) is 11.7. The molecule has 0 aliphatic carbocycles. The molecule has 0 unspecified atom stereocenters. The van der Waals surface area contributed by atoms with Crippen LogP contribution in [-0.4, -0.2) is 16.9 Å². The van der Waals surface area contributed by atoms with E-state index in [1.165, 1.54) is 36.0 Å². The van der Waals surface area contributed by atoms with E-state index in [0.29, 0.717) is 0 Å². The summed E-state index contributed by atoms with van der Waals surface area (Å²) in [5, 5.41) is 8.29. The Morgan fingerprint density at radius 1 is 1.00 bits per heavy atom. The van der Waals surface area contributed by atoms with E-state index in [2.05, 4.69) is 0 Å². The molecule has 2 aromatic rings. The third-order valence-corrected chi connectivity index (χ3v) is 4.16. The second kappa shape index (κ2) is 7.19. The quantitative estimate of drug-likeness (QED) is 0.658. The molecule has 0 spiro atoms. The minimum atomic E-state index is -0.533. The molecule has 0 bridgehead atoms. The highest BCUT2D eigenvalue weighted by molar-refractivity contribution is 8.00. The lowest BCUT2D eigenvalue weighted by Crippen LogP contribution is -2.21. The Morgan fingerprint density at radius 3 is 1.81 bits per heavy atom. The molecule has 6 heteroatoms. The SMILES string of the molecule is O=C(CSC(c1ccc(F)cc1)c1ccc(F)cc1)NO. The van der Waals surface area contributed by atoms with Gasteiger partial charge in [-0.05, 0) is 35.4 Å². The molecule has 3 nitrogen and oxygen atoms in total. The second-order valence-corrected chi connectivity index (χ2v) is 5.42. The summed E-state index contributed by atoms with van der Waals surface area (Å²) in [6, 6.07) is 11.8. The van der Waals surface area contributed by atoms with Crippen molar-refractivity contribution < 1.29 is 18.8 Å². The van der Waals surface area contributed by atoms with Gasteiger partial charge in [-0.1, -0.05) is 24.3 Å². The van der Waals surface area contributed by atoms with Crippen LogP contribution in [0.3, 0.4) is 0 Å². The number of hydrogen-bond donors (Lipinski definition) is 2. The molecule has 0 aromatic heterocycles. The number of benzene rings is 2. The summed E-state index contributed by atoms with van der Waals surface area (Å²) < 4.78 is 26.0. The largest absolute Gasteiger partial charge is 0.289 e. The van der Waals surface area contributed by atoms with Gasteiger partial charge in [0.25, 0.3) is 5.91 Å². The Balaban J connectivity index is 2.27. The lowest BCUT2D eigenvalue weighted by atomic mass is 10.0. The number of halogens is 2. The zero-order chi connectivity index (χ0) is 15.2. The first-order chi connectivity index (χ1) is 10.1. The summed E-state index contributed by atoms with van der Waals surface area (Å²) >= 11 is 1.26. The molecule has 1 amide bonds. The van der Waals surface area contributed by atoms with E-state index < -0.39 is 5.91 Å². The van der Waals surface area contributed by atoms with Gasteiger partial charge in [-0.2, -0.15) is 0 Å². The van der Waals surface area contributed by atoms with E-state index in [1.54, 1.807) is 29.7 Å². The van der Waals surface area contributed by atoms with E-state index in [9.17, 15) is 13.6 Å². The van der Waals surface area contributed by atoms with Gasteiger partial charge in [-0.15, -0.1) is 11.8 Å². The predicted octanol–water partition coefficient (Wildman–Crippen LogP) is 3.29. The van der Waals surface area contributed by atoms with Gasteiger partial charge in [0, 0.05) is 0 Å². The van der Waals surface area contributed by atoms with Crippen molar-refractivity contribution in [3.05, 3.63) is 71.3 Å². The second-order valence-electron chi connectivity index (χ2n) is 4.33.